The molecule has 5 heteroatoms. The number of likely N-dealkylation sites (N-methyl/N-ethyl adjacent to an activating group) is 1. The van der Waals surface area contributed by atoms with Gasteiger partial charge in [0.25, 0.3) is 0 Å². The predicted molar refractivity (Wildman–Crippen MR) is 135 cm³/mol. The zero-order chi connectivity index (χ0) is 23.9. The summed E-state index contributed by atoms with van der Waals surface area (Å²) >= 11 is 0. The van der Waals surface area contributed by atoms with Gasteiger partial charge in [0.15, 0.2) is 0 Å². The standard InChI is InChI=1S/C29H38N2O3/c1-30(19-11-14-22-12-5-2-6-13-22)25-20-26(29(33)34)31(21-25)28(32)27(23-15-7-3-8-16-23)24-17-9-4-10-18-24/h2-3,5-8,12-13,15-16,24-27H,4,9-11,14,17-21H2,1H3,(H,33,34). The summed E-state index contributed by atoms with van der Waals surface area (Å²) in [5.41, 5.74) is 2.35. The van der Waals surface area contributed by atoms with Crippen molar-refractivity contribution in [3.63, 3.8) is 0 Å². The van der Waals surface area contributed by atoms with Gasteiger partial charge in [0, 0.05) is 12.6 Å². The molecule has 0 radical (unpaired) electrons. The molecule has 182 valence electrons. The third-order valence-electron chi connectivity index (χ3n) is 7.84. The summed E-state index contributed by atoms with van der Waals surface area (Å²) in [7, 11) is 2.07. The first-order chi connectivity index (χ1) is 16.5. The summed E-state index contributed by atoms with van der Waals surface area (Å²) in [6, 6.07) is 19.8. The van der Waals surface area contributed by atoms with Crippen LogP contribution in [0.25, 0.3) is 0 Å². The summed E-state index contributed by atoms with van der Waals surface area (Å²) in [6.07, 6.45) is 8.11. The van der Waals surface area contributed by atoms with Gasteiger partial charge in [-0.1, -0.05) is 79.9 Å². The summed E-state index contributed by atoms with van der Waals surface area (Å²) in [5, 5.41) is 10.0. The van der Waals surface area contributed by atoms with Crippen molar-refractivity contribution < 1.29 is 14.7 Å². The maximum Gasteiger partial charge on any atom is 0.326 e. The number of carbonyl (C=O) groups excluding carboxylic acids is 1. The summed E-state index contributed by atoms with van der Waals surface area (Å²) in [6.45, 7) is 1.38. The molecule has 5 nitrogen and oxygen atoms in total. The van der Waals surface area contributed by atoms with Gasteiger partial charge in [0.05, 0.1) is 5.92 Å². The highest BCUT2D eigenvalue weighted by Gasteiger charge is 2.44. The smallest absolute Gasteiger partial charge is 0.326 e. The van der Waals surface area contributed by atoms with E-state index in [1.165, 1.54) is 12.0 Å². The molecule has 2 fully saturated rings. The van der Waals surface area contributed by atoms with Gasteiger partial charge >= 0.3 is 5.97 Å². The van der Waals surface area contributed by atoms with Crippen molar-refractivity contribution in [2.75, 3.05) is 20.1 Å². The van der Waals surface area contributed by atoms with Crippen LogP contribution in [0.5, 0.6) is 0 Å². The maximum absolute atomic E-state index is 14.0. The SMILES string of the molecule is CN(CCCc1ccccc1)C1CC(C(=O)O)N(C(=O)C(c2ccccc2)C2CCCCC2)C1. The molecule has 1 heterocycles. The normalized spacial score (nSPS) is 22.1. The van der Waals surface area contributed by atoms with Crippen molar-refractivity contribution in [3.05, 3.63) is 71.8 Å². The van der Waals surface area contributed by atoms with Crippen LogP contribution in [-0.2, 0) is 16.0 Å². The highest BCUT2D eigenvalue weighted by molar-refractivity contribution is 5.89. The van der Waals surface area contributed by atoms with E-state index in [-0.39, 0.29) is 17.9 Å². The highest BCUT2D eigenvalue weighted by Crippen LogP contribution is 2.39. The Hall–Kier alpha value is -2.66. The van der Waals surface area contributed by atoms with Crippen LogP contribution in [0.4, 0.5) is 0 Å². The number of carbonyl (C=O) groups is 2. The van der Waals surface area contributed by atoms with Crippen molar-refractivity contribution in [2.45, 2.75) is 69.4 Å². The molecule has 4 rings (SSSR count). The number of aryl methyl sites for hydroxylation is 1. The molecule has 1 amide bonds. The molecule has 0 spiro atoms. The number of aliphatic carboxylic acids is 1. The molecule has 2 aromatic rings. The fourth-order valence-electron chi connectivity index (χ4n) is 5.89. The van der Waals surface area contributed by atoms with Crippen LogP contribution in [0.1, 0.15) is 62.0 Å². The zero-order valence-corrected chi connectivity index (χ0v) is 20.3. The second-order valence-corrected chi connectivity index (χ2v) is 10.1. The Morgan fingerprint density at radius 2 is 1.65 bits per heavy atom. The number of carboxylic acid groups (broad SMARTS) is 1. The van der Waals surface area contributed by atoms with E-state index in [1.54, 1.807) is 4.90 Å². The summed E-state index contributed by atoms with van der Waals surface area (Å²) in [4.78, 5) is 30.1. The van der Waals surface area contributed by atoms with Gasteiger partial charge < -0.3 is 14.9 Å². The molecule has 2 aromatic carbocycles. The van der Waals surface area contributed by atoms with Crippen LogP contribution in [-0.4, -0.2) is 59.0 Å². The number of amides is 1. The van der Waals surface area contributed by atoms with Crippen LogP contribution in [0, 0.1) is 5.92 Å². The first kappa shape index (κ1) is 24.5. The monoisotopic (exact) mass is 462 g/mol. The summed E-state index contributed by atoms with van der Waals surface area (Å²) in [5.74, 6) is -0.832. The van der Waals surface area contributed by atoms with Crippen LogP contribution in [0.15, 0.2) is 60.7 Å². The van der Waals surface area contributed by atoms with E-state index in [9.17, 15) is 14.7 Å². The van der Waals surface area contributed by atoms with Gasteiger partial charge in [-0.2, -0.15) is 0 Å². The minimum absolute atomic E-state index is 0.00526. The van der Waals surface area contributed by atoms with Crippen LogP contribution in [0.2, 0.25) is 0 Å². The van der Waals surface area contributed by atoms with Crippen molar-refractivity contribution in [2.24, 2.45) is 5.92 Å². The Labute approximate surface area is 203 Å². The minimum Gasteiger partial charge on any atom is -0.480 e. The second-order valence-electron chi connectivity index (χ2n) is 10.1. The molecule has 1 saturated heterocycles. The summed E-state index contributed by atoms with van der Waals surface area (Å²) < 4.78 is 0. The third-order valence-corrected chi connectivity index (χ3v) is 7.84. The van der Waals surface area contributed by atoms with E-state index in [1.807, 2.05) is 36.4 Å². The average molecular weight is 463 g/mol. The molecular formula is C29H38N2O3. The lowest BCUT2D eigenvalue weighted by molar-refractivity contribution is -0.149. The van der Waals surface area contributed by atoms with Gasteiger partial charge in [-0.25, -0.2) is 4.79 Å². The topological polar surface area (TPSA) is 60.9 Å². The van der Waals surface area contributed by atoms with Gasteiger partial charge in [0.2, 0.25) is 5.91 Å². The lowest BCUT2D eigenvalue weighted by Crippen LogP contribution is -2.45. The number of carboxylic acids is 1. The predicted octanol–water partition coefficient (Wildman–Crippen LogP) is 4.97. The van der Waals surface area contributed by atoms with E-state index in [4.69, 9.17) is 0 Å². The Balaban J connectivity index is 1.46. The molecule has 1 aliphatic carbocycles. The van der Waals surface area contributed by atoms with Crippen molar-refractivity contribution in [1.29, 1.82) is 0 Å². The lowest BCUT2D eigenvalue weighted by Gasteiger charge is -2.34. The number of hydrogen-bond acceptors (Lipinski definition) is 3. The van der Waals surface area contributed by atoms with E-state index in [2.05, 4.69) is 36.2 Å². The molecule has 1 N–H and O–H groups in total. The maximum atomic E-state index is 14.0. The number of nitrogens with zero attached hydrogens (tertiary/aromatic N) is 2. The zero-order valence-electron chi connectivity index (χ0n) is 20.3. The first-order valence-electron chi connectivity index (χ1n) is 12.9. The van der Waals surface area contributed by atoms with Gasteiger partial charge in [-0.15, -0.1) is 0 Å². The van der Waals surface area contributed by atoms with Gasteiger partial charge in [0.1, 0.15) is 6.04 Å². The van der Waals surface area contributed by atoms with Gasteiger partial charge in [-0.3, -0.25) is 4.79 Å². The molecule has 1 saturated carbocycles. The van der Waals surface area contributed by atoms with E-state index < -0.39 is 12.0 Å². The largest absolute Gasteiger partial charge is 0.480 e. The van der Waals surface area contributed by atoms with Crippen molar-refractivity contribution in [3.8, 4) is 0 Å². The van der Waals surface area contributed by atoms with Crippen molar-refractivity contribution in [1.82, 2.24) is 9.80 Å². The molecule has 34 heavy (non-hydrogen) atoms. The van der Waals surface area contributed by atoms with E-state index in [0.717, 1.165) is 50.6 Å². The molecule has 3 atom stereocenters. The lowest BCUT2D eigenvalue weighted by atomic mass is 9.76. The van der Waals surface area contributed by atoms with E-state index in [0.29, 0.717) is 18.9 Å². The fraction of sp³-hybridized carbons (Fsp3) is 0.517. The molecule has 2 aliphatic rings. The van der Waals surface area contributed by atoms with E-state index >= 15 is 0 Å². The molecule has 1 aliphatic heterocycles. The average Bonchev–Trinajstić information content (AvgIpc) is 3.32. The van der Waals surface area contributed by atoms with Crippen LogP contribution in [0.3, 0.4) is 0 Å². The number of likely N-dealkylation sites (tertiary alicyclic amines) is 1. The molecule has 0 bridgehead atoms. The minimum atomic E-state index is -0.885. The molecule has 3 unspecified atom stereocenters. The van der Waals surface area contributed by atoms with Crippen LogP contribution < -0.4 is 0 Å². The second kappa shape index (κ2) is 11.7. The molecule has 0 aromatic heterocycles. The number of hydrogen-bond donors (Lipinski definition) is 1. The Kier molecular flexibility index (Phi) is 8.39. The quantitative estimate of drug-likeness (QED) is 0.572. The third kappa shape index (κ3) is 5.87. The Morgan fingerprint density at radius 1 is 1.00 bits per heavy atom. The molecular weight excluding hydrogens is 424 g/mol. The Bertz CT molecular complexity index is 927. The van der Waals surface area contributed by atoms with Crippen molar-refractivity contribution >= 4 is 11.9 Å². The number of rotatable bonds is 9. The number of benzene rings is 2. The highest BCUT2D eigenvalue weighted by atomic mass is 16.4. The fourth-order valence-corrected chi connectivity index (χ4v) is 5.89. The van der Waals surface area contributed by atoms with Crippen LogP contribution >= 0.6 is 0 Å². The van der Waals surface area contributed by atoms with Gasteiger partial charge in [-0.05, 0) is 62.7 Å². The first-order valence-corrected chi connectivity index (χ1v) is 12.9. The Morgan fingerprint density at radius 3 is 2.29 bits per heavy atom.